The molecule has 0 radical (unpaired) electrons. The van der Waals surface area contributed by atoms with E-state index in [1.807, 2.05) is 20.8 Å². The lowest BCUT2D eigenvalue weighted by Crippen LogP contribution is -2.32. The van der Waals surface area contributed by atoms with Crippen LogP contribution >= 0.6 is 0 Å². The summed E-state index contributed by atoms with van der Waals surface area (Å²) in [6, 6.07) is 3.05. The molecule has 0 aliphatic rings. The molecule has 0 atom stereocenters. The molecule has 3 nitrogen and oxygen atoms in total. The highest BCUT2D eigenvalue weighted by Crippen LogP contribution is 2.11. The first-order valence-electron chi connectivity index (χ1n) is 3.84. The van der Waals surface area contributed by atoms with Crippen LogP contribution in [-0.2, 0) is 5.54 Å². The van der Waals surface area contributed by atoms with Gasteiger partial charge in [-0.15, -0.1) is 0 Å². The Kier molecular flexibility index (Phi) is 1.96. The van der Waals surface area contributed by atoms with E-state index >= 15 is 0 Å². The molecule has 0 saturated carbocycles. The number of nitrogens with zero attached hydrogens (tertiary/aromatic N) is 1. The van der Waals surface area contributed by atoms with E-state index in [0.717, 1.165) is 0 Å². The summed E-state index contributed by atoms with van der Waals surface area (Å²) < 4.78 is 1.50. The van der Waals surface area contributed by atoms with Gasteiger partial charge in [0.2, 0.25) is 0 Å². The standard InChI is InChI=1S/C9H13NO2/c1-9(2,3)10-6-4-5-7(11)8(10)12/h4-6,11H,1-3H3. The lowest BCUT2D eigenvalue weighted by molar-refractivity contribution is 0.367. The summed E-state index contributed by atoms with van der Waals surface area (Å²) in [5.41, 5.74) is -0.625. The van der Waals surface area contributed by atoms with Crippen LogP contribution in [0.1, 0.15) is 20.8 Å². The van der Waals surface area contributed by atoms with E-state index in [4.69, 9.17) is 5.11 Å². The Morgan fingerprint density at radius 3 is 2.42 bits per heavy atom. The molecule has 0 spiro atoms. The van der Waals surface area contributed by atoms with Gasteiger partial charge < -0.3 is 9.67 Å². The maximum Gasteiger partial charge on any atom is 0.293 e. The molecule has 0 aromatic carbocycles. The Morgan fingerprint density at radius 2 is 2.00 bits per heavy atom. The van der Waals surface area contributed by atoms with E-state index in [0.29, 0.717) is 0 Å². The molecule has 3 heteroatoms. The summed E-state index contributed by atoms with van der Waals surface area (Å²) in [6.07, 6.45) is 1.67. The molecule has 0 fully saturated rings. The van der Waals surface area contributed by atoms with E-state index < -0.39 is 0 Å². The first-order chi connectivity index (χ1) is 5.43. The van der Waals surface area contributed by atoms with E-state index in [-0.39, 0.29) is 16.8 Å². The summed E-state index contributed by atoms with van der Waals surface area (Å²) in [4.78, 5) is 11.3. The fraction of sp³-hybridized carbons (Fsp3) is 0.444. The Bertz CT molecular complexity index is 333. The molecule has 0 bridgehead atoms. The average molecular weight is 167 g/mol. The minimum absolute atomic E-state index is 0.201. The van der Waals surface area contributed by atoms with Crippen molar-refractivity contribution < 1.29 is 5.11 Å². The van der Waals surface area contributed by atoms with Gasteiger partial charge in [-0.1, -0.05) is 0 Å². The first kappa shape index (κ1) is 8.84. The molecule has 12 heavy (non-hydrogen) atoms. The highest BCUT2D eigenvalue weighted by atomic mass is 16.3. The molecule has 1 aromatic heterocycles. The van der Waals surface area contributed by atoms with E-state index in [1.165, 1.54) is 10.6 Å². The van der Waals surface area contributed by atoms with Crippen molar-refractivity contribution in [2.24, 2.45) is 0 Å². The fourth-order valence-electron chi connectivity index (χ4n) is 1.01. The number of aromatic hydroxyl groups is 1. The molecule has 0 unspecified atom stereocenters. The van der Waals surface area contributed by atoms with E-state index in [9.17, 15) is 4.79 Å². The van der Waals surface area contributed by atoms with Crippen LogP contribution in [0.2, 0.25) is 0 Å². The molecule has 0 saturated heterocycles. The SMILES string of the molecule is CC(C)(C)n1cccc(O)c1=O. The third-order valence-electron chi connectivity index (χ3n) is 1.65. The van der Waals surface area contributed by atoms with Crippen LogP contribution in [0.3, 0.4) is 0 Å². The maximum absolute atomic E-state index is 11.3. The van der Waals surface area contributed by atoms with Gasteiger partial charge in [0.15, 0.2) is 5.75 Å². The normalized spacial score (nSPS) is 11.6. The van der Waals surface area contributed by atoms with Crippen LogP contribution in [0.4, 0.5) is 0 Å². The lowest BCUT2D eigenvalue weighted by Gasteiger charge is -2.21. The van der Waals surface area contributed by atoms with Crippen LogP contribution in [0.5, 0.6) is 5.75 Å². The van der Waals surface area contributed by atoms with Crippen LogP contribution in [0.25, 0.3) is 0 Å². The second kappa shape index (κ2) is 2.66. The molecule has 1 aromatic rings. The molecule has 1 rings (SSSR count). The van der Waals surface area contributed by atoms with E-state index in [1.54, 1.807) is 12.3 Å². The van der Waals surface area contributed by atoms with Gasteiger partial charge in [-0.2, -0.15) is 0 Å². The second-order valence-electron chi connectivity index (χ2n) is 3.74. The average Bonchev–Trinajstić information content (AvgIpc) is 1.92. The van der Waals surface area contributed by atoms with Crippen molar-refractivity contribution in [2.75, 3.05) is 0 Å². The predicted molar refractivity (Wildman–Crippen MR) is 47.4 cm³/mol. The molecule has 0 amide bonds. The summed E-state index contributed by atoms with van der Waals surface area (Å²) in [7, 11) is 0. The number of pyridine rings is 1. The first-order valence-corrected chi connectivity index (χ1v) is 3.84. The largest absolute Gasteiger partial charge is 0.503 e. The predicted octanol–water partition coefficient (Wildman–Crippen LogP) is 1.31. The highest BCUT2D eigenvalue weighted by molar-refractivity contribution is 5.15. The Morgan fingerprint density at radius 1 is 1.42 bits per heavy atom. The number of aromatic nitrogens is 1. The third kappa shape index (κ3) is 1.49. The van der Waals surface area contributed by atoms with Gasteiger partial charge in [0.25, 0.3) is 5.56 Å². The monoisotopic (exact) mass is 167 g/mol. The number of hydrogen-bond acceptors (Lipinski definition) is 2. The molecular weight excluding hydrogens is 154 g/mol. The summed E-state index contributed by atoms with van der Waals surface area (Å²) >= 11 is 0. The summed E-state index contributed by atoms with van der Waals surface area (Å²) in [6.45, 7) is 5.73. The molecule has 66 valence electrons. The second-order valence-corrected chi connectivity index (χ2v) is 3.74. The fourth-order valence-corrected chi connectivity index (χ4v) is 1.01. The Labute approximate surface area is 71.3 Å². The lowest BCUT2D eigenvalue weighted by atomic mass is 10.1. The molecule has 1 N–H and O–H groups in total. The minimum Gasteiger partial charge on any atom is -0.503 e. The zero-order valence-corrected chi connectivity index (χ0v) is 7.53. The summed E-state index contributed by atoms with van der Waals surface area (Å²) in [5, 5.41) is 9.13. The highest BCUT2D eigenvalue weighted by Gasteiger charge is 2.14. The molecular formula is C9H13NO2. The van der Waals surface area contributed by atoms with Crippen LogP contribution in [0, 0.1) is 0 Å². The van der Waals surface area contributed by atoms with Crippen molar-refractivity contribution in [1.82, 2.24) is 4.57 Å². The zero-order chi connectivity index (χ0) is 9.35. The van der Waals surface area contributed by atoms with Gasteiger partial charge in [-0.3, -0.25) is 4.79 Å². The van der Waals surface area contributed by atoms with Gasteiger partial charge in [0.05, 0.1) is 0 Å². The number of rotatable bonds is 0. The molecule has 1 heterocycles. The van der Waals surface area contributed by atoms with Crippen molar-refractivity contribution >= 4 is 0 Å². The molecule has 0 aliphatic carbocycles. The van der Waals surface area contributed by atoms with Crippen LogP contribution < -0.4 is 5.56 Å². The Balaban J connectivity index is 3.37. The van der Waals surface area contributed by atoms with Crippen molar-refractivity contribution in [3.05, 3.63) is 28.7 Å². The van der Waals surface area contributed by atoms with Crippen LogP contribution in [0.15, 0.2) is 23.1 Å². The minimum atomic E-state index is -0.343. The van der Waals surface area contributed by atoms with Crippen LogP contribution in [-0.4, -0.2) is 9.67 Å². The smallest absolute Gasteiger partial charge is 0.293 e. The van der Waals surface area contributed by atoms with Crippen molar-refractivity contribution in [3.63, 3.8) is 0 Å². The number of hydrogen-bond donors (Lipinski definition) is 1. The van der Waals surface area contributed by atoms with Gasteiger partial charge in [-0.05, 0) is 32.9 Å². The maximum atomic E-state index is 11.3. The topological polar surface area (TPSA) is 42.2 Å². The zero-order valence-electron chi connectivity index (χ0n) is 7.53. The van der Waals surface area contributed by atoms with Crippen molar-refractivity contribution in [2.45, 2.75) is 26.3 Å². The quantitative estimate of drug-likeness (QED) is 0.633. The van der Waals surface area contributed by atoms with E-state index in [2.05, 4.69) is 0 Å². The Hall–Kier alpha value is -1.25. The summed E-state index contributed by atoms with van der Waals surface area (Å²) in [5.74, 6) is -0.201. The van der Waals surface area contributed by atoms with Gasteiger partial charge >= 0.3 is 0 Å². The van der Waals surface area contributed by atoms with Crippen molar-refractivity contribution in [3.8, 4) is 5.75 Å². The van der Waals surface area contributed by atoms with Gasteiger partial charge in [0.1, 0.15) is 0 Å². The third-order valence-corrected chi connectivity index (χ3v) is 1.65. The van der Waals surface area contributed by atoms with Crippen molar-refractivity contribution in [1.29, 1.82) is 0 Å². The van der Waals surface area contributed by atoms with Gasteiger partial charge in [0, 0.05) is 11.7 Å². The van der Waals surface area contributed by atoms with Gasteiger partial charge in [-0.25, -0.2) is 0 Å². The molecule has 0 aliphatic heterocycles.